The summed E-state index contributed by atoms with van der Waals surface area (Å²) in [6.45, 7) is 13.5. The number of hydrazine groups is 1. The van der Waals surface area contributed by atoms with Crippen molar-refractivity contribution < 1.29 is 23.9 Å². The van der Waals surface area contributed by atoms with Crippen molar-refractivity contribution in [1.82, 2.24) is 30.2 Å². The van der Waals surface area contributed by atoms with Gasteiger partial charge in [-0.2, -0.15) is 23.5 Å². The van der Waals surface area contributed by atoms with E-state index in [0.29, 0.717) is 45.5 Å². The maximum Gasteiger partial charge on any atom is 0.293 e. The highest BCUT2D eigenvalue weighted by Crippen LogP contribution is 2.41. The highest BCUT2D eigenvalue weighted by molar-refractivity contribution is 7.99. The van der Waals surface area contributed by atoms with E-state index in [4.69, 9.17) is 14.5 Å². The number of benzene rings is 1. The van der Waals surface area contributed by atoms with Crippen LogP contribution in [0.3, 0.4) is 0 Å². The number of methoxy groups -OCH3 is 1. The number of hydrogen-bond acceptors (Lipinski definition) is 11. The molecule has 3 atom stereocenters. The lowest BCUT2D eigenvalue weighted by atomic mass is 9.84. The fourth-order valence-corrected chi connectivity index (χ4v) is 8.25. The van der Waals surface area contributed by atoms with Crippen LogP contribution in [-0.2, 0) is 36.8 Å². The zero-order chi connectivity index (χ0) is 42.0. The molecule has 0 spiro atoms. The Morgan fingerprint density at radius 3 is 2.44 bits per heavy atom. The van der Waals surface area contributed by atoms with Crippen LogP contribution in [0.25, 0.3) is 27.7 Å². The maximum atomic E-state index is 13.8. The zero-order valence-electron chi connectivity index (χ0n) is 35.8. The second-order valence-electron chi connectivity index (χ2n) is 15.1. The van der Waals surface area contributed by atoms with Crippen molar-refractivity contribution in [3.05, 3.63) is 59.4 Å². The van der Waals surface area contributed by atoms with Gasteiger partial charge in [0.05, 0.1) is 35.4 Å². The largest absolute Gasteiger partial charge is 0.467 e. The summed E-state index contributed by atoms with van der Waals surface area (Å²) in [6.07, 6.45) is 18.3. The van der Waals surface area contributed by atoms with Crippen molar-refractivity contribution in [2.45, 2.75) is 71.4 Å². The molecule has 5 rings (SSSR count). The van der Waals surface area contributed by atoms with E-state index in [-0.39, 0.29) is 22.8 Å². The molecule has 0 bridgehead atoms. The van der Waals surface area contributed by atoms with E-state index < -0.39 is 5.92 Å². The SMILES string of the molecule is CCn1c(-c2cccnc2C(C)OC)c(CC(C)(C)COC=O)c2cc(C3=CCCN(CC(C(=O)N4CCCCN4)C(NC=O)SC)C3)ccc21.CSC.CSC. The van der Waals surface area contributed by atoms with Gasteiger partial charge in [-0.1, -0.05) is 26.0 Å². The Balaban J connectivity index is 0.00000136. The van der Waals surface area contributed by atoms with Crippen LogP contribution in [0, 0.1) is 11.3 Å². The molecule has 2 aliphatic rings. The van der Waals surface area contributed by atoms with E-state index in [2.05, 4.69) is 71.3 Å². The molecule has 316 valence electrons. The number of aromatic nitrogens is 2. The minimum Gasteiger partial charge on any atom is -0.467 e. The third-order valence-electron chi connectivity index (χ3n) is 10.1. The number of carbonyl (C=O) groups is 3. The van der Waals surface area contributed by atoms with Gasteiger partial charge in [0.25, 0.3) is 6.47 Å². The number of pyridine rings is 1. The maximum absolute atomic E-state index is 13.8. The topological polar surface area (TPSA) is 118 Å². The third kappa shape index (κ3) is 13.2. The first-order valence-electron chi connectivity index (χ1n) is 19.7. The van der Waals surface area contributed by atoms with Crippen molar-refractivity contribution >= 4 is 70.6 Å². The van der Waals surface area contributed by atoms with Gasteiger partial charge in [0.1, 0.15) is 0 Å². The van der Waals surface area contributed by atoms with E-state index in [0.717, 1.165) is 72.3 Å². The molecule has 1 saturated heterocycles. The van der Waals surface area contributed by atoms with Crippen molar-refractivity contribution in [2.24, 2.45) is 11.3 Å². The summed E-state index contributed by atoms with van der Waals surface area (Å²) < 4.78 is 13.4. The molecule has 2 amide bonds. The van der Waals surface area contributed by atoms with Gasteiger partial charge in [0.15, 0.2) is 0 Å². The van der Waals surface area contributed by atoms with Gasteiger partial charge in [-0.3, -0.25) is 29.3 Å². The monoisotopic (exact) mass is 842 g/mol. The number of carbonyl (C=O) groups excluding carboxylic acids is 3. The van der Waals surface area contributed by atoms with Crippen LogP contribution < -0.4 is 10.7 Å². The molecule has 11 nitrogen and oxygen atoms in total. The van der Waals surface area contributed by atoms with E-state index in [9.17, 15) is 14.4 Å². The summed E-state index contributed by atoms with van der Waals surface area (Å²) in [6, 6.07) is 10.8. The predicted octanol–water partition coefficient (Wildman–Crippen LogP) is 7.40. The second kappa shape index (κ2) is 24.8. The summed E-state index contributed by atoms with van der Waals surface area (Å²) in [4.78, 5) is 43.7. The molecule has 57 heavy (non-hydrogen) atoms. The van der Waals surface area contributed by atoms with Crippen molar-refractivity contribution in [3.63, 3.8) is 0 Å². The predicted molar refractivity (Wildman–Crippen MR) is 243 cm³/mol. The van der Waals surface area contributed by atoms with Crippen molar-refractivity contribution in [1.29, 1.82) is 0 Å². The number of hydrogen-bond donors (Lipinski definition) is 2. The molecule has 4 heterocycles. The van der Waals surface area contributed by atoms with E-state index >= 15 is 0 Å². The van der Waals surface area contributed by atoms with E-state index in [1.807, 2.05) is 50.5 Å². The van der Waals surface area contributed by atoms with Gasteiger partial charge in [-0.05, 0) is 112 Å². The first-order chi connectivity index (χ1) is 27.5. The molecule has 0 radical (unpaired) electrons. The molecule has 1 aromatic carbocycles. The summed E-state index contributed by atoms with van der Waals surface area (Å²) in [5.74, 6) is -0.373. The number of fused-ring (bicyclic) bond motifs is 1. The van der Waals surface area contributed by atoms with Crippen molar-refractivity contribution in [2.75, 3.05) is 77.7 Å². The van der Waals surface area contributed by atoms with Crippen LogP contribution in [0.2, 0.25) is 0 Å². The number of nitrogens with one attached hydrogen (secondary N) is 2. The highest BCUT2D eigenvalue weighted by Gasteiger charge is 2.35. The lowest BCUT2D eigenvalue weighted by molar-refractivity contribution is -0.141. The molecule has 2 aliphatic heterocycles. The van der Waals surface area contributed by atoms with Gasteiger partial charge in [0.2, 0.25) is 12.3 Å². The molecule has 1 fully saturated rings. The van der Waals surface area contributed by atoms with Crippen molar-refractivity contribution in [3.8, 4) is 11.3 Å². The standard InChI is InChI=1S/C39H54N6O5S.2C2H6S/c1-7-44-34-15-14-28(29-12-11-18-43(22-29)23-33(37(51-6)41-25-46)38(48)45-19-9-8-17-42-45)20-31(34)32(21-39(3,4)24-50-26-47)36(44)30-13-10-16-40-35(30)27(2)49-5;2*1-3-2/h10,12-16,20,25-27,33,37,42H,7-9,11,17-19,21-24H2,1-6H3,(H,41,46);2*1-2H3. The Hall–Kier alpha value is -3.01. The summed E-state index contributed by atoms with van der Waals surface area (Å²) in [5, 5.41) is 5.48. The fourth-order valence-electron chi connectivity index (χ4n) is 7.53. The normalized spacial score (nSPS) is 16.2. The van der Waals surface area contributed by atoms with Gasteiger partial charge in [-0.15, -0.1) is 11.8 Å². The minimum atomic E-state index is -0.399. The molecular weight excluding hydrogens is 777 g/mol. The average Bonchev–Trinajstić information content (AvgIpc) is 3.53. The second-order valence-corrected chi connectivity index (χ2v) is 17.7. The van der Waals surface area contributed by atoms with E-state index in [1.165, 1.54) is 22.9 Å². The molecule has 2 aromatic heterocycles. The Bertz CT molecular complexity index is 1740. The van der Waals surface area contributed by atoms with Crippen LogP contribution in [0.15, 0.2) is 42.6 Å². The number of nitrogens with zero attached hydrogens (tertiary/aromatic N) is 4. The summed E-state index contributed by atoms with van der Waals surface area (Å²) in [5.41, 5.74) is 10.6. The van der Waals surface area contributed by atoms with Gasteiger partial charge in [-0.25, -0.2) is 5.43 Å². The first-order valence-corrected chi connectivity index (χ1v) is 24.2. The van der Waals surface area contributed by atoms with Gasteiger partial charge < -0.3 is 19.4 Å². The number of aryl methyl sites for hydroxylation is 1. The minimum absolute atomic E-state index is 0.0257. The fraction of sp³-hybridized carbons (Fsp3) is 0.581. The van der Waals surface area contributed by atoms with Crippen LogP contribution in [0.1, 0.15) is 69.9 Å². The molecule has 14 heteroatoms. The molecule has 2 N–H and O–H groups in total. The molecule has 0 aliphatic carbocycles. The molecule has 3 unspecified atom stereocenters. The first kappa shape index (κ1) is 48.4. The van der Waals surface area contributed by atoms with Gasteiger partial charge in [0, 0.05) is 74.5 Å². The smallest absolute Gasteiger partial charge is 0.293 e. The zero-order valence-corrected chi connectivity index (χ0v) is 38.2. The van der Waals surface area contributed by atoms with Crippen LogP contribution in [0.5, 0.6) is 0 Å². The number of amides is 2. The number of rotatable bonds is 17. The lowest BCUT2D eigenvalue weighted by Gasteiger charge is -2.37. The quantitative estimate of drug-likeness (QED) is 0.105. The lowest BCUT2D eigenvalue weighted by Crippen LogP contribution is -2.55. The number of thioether (sulfide) groups is 3. The van der Waals surface area contributed by atoms with Gasteiger partial charge >= 0.3 is 0 Å². The van der Waals surface area contributed by atoms with E-state index in [1.54, 1.807) is 35.6 Å². The Morgan fingerprint density at radius 2 is 1.82 bits per heavy atom. The van der Waals surface area contributed by atoms with Crippen LogP contribution >= 0.6 is 35.3 Å². The third-order valence-corrected chi connectivity index (χ3v) is 11.1. The highest BCUT2D eigenvalue weighted by atomic mass is 32.2. The Morgan fingerprint density at radius 1 is 1.09 bits per heavy atom. The summed E-state index contributed by atoms with van der Waals surface area (Å²) >= 11 is 5.00. The Kier molecular flexibility index (Phi) is 21.0. The van der Waals surface area contributed by atoms with Crippen LogP contribution in [-0.4, -0.2) is 121 Å². The summed E-state index contributed by atoms with van der Waals surface area (Å²) in [7, 11) is 1.70. The molecule has 0 saturated carbocycles. The molecule has 3 aromatic rings. The number of ether oxygens (including phenoxy) is 2. The van der Waals surface area contributed by atoms with Crippen LogP contribution in [0.4, 0.5) is 0 Å². The molecular formula is C43H66N6O5S3. The Labute approximate surface area is 354 Å². The average molecular weight is 843 g/mol.